The van der Waals surface area contributed by atoms with Crippen LogP contribution in [0.15, 0.2) is 0 Å². The van der Waals surface area contributed by atoms with Gasteiger partial charge >= 0.3 is 0 Å². The monoisotopic (exact) mass is 127 g/mol. The minimum absolute atomic E-state index is 0.312. The molecule has 2 nitrogen and oxygen atoms in total. The average molecular weight is 127 g/mol. The van der Waals surface area contributed by atoms with Gasteiger partial charge < -0.3 is 4.90 Å². The van der Waals surface area contributed by atoms with Crippen LogP contribution in [0.25, 0.3) is 0 Å². The van der Waals surface area contributed by atoms with E-state index in [0.29, 0.717) is 11.8 Å². The van der Waals surface area contributed by atoms with Crippen molar-refractivity contribution in [2.75, 3.05) is 13.6 Å². The molecule has 0 aromatic heterocycles. The molecule has 0 amide bonds. The van der Waals surface area contributed by atoms with E-state index in [0.717, 1.165) is 13.0 Å². The molecule has 1 rings (SSSR count). The van der Waals surface area contributed by atoms with Crippen LogP contribution >= 0.6 is 0 Å². The lowest BCUT2D eigenvalue weighted by atomic mass is 9.99. The second kappa shape index (κ2) is 2.48. The Labute approximate surface area is 55.8 Å². The van der Waals surface area contributed by atoms with E-state index < -0.39 is 0 Å². The number of ketones is 1. The smallest absolute Gasteiger partial charge is 0.131 e. The summed E-state index contributed by atoms with van der Waals surface area (Å²) < 4.78 is 0. The van der Waals surface area contributed by atoms with Crippen molar-refractivity contribution in [1.29, 1.82) is 0 Å². The molecule has 1 unspecified atom stereocenters. The van der Waals surface area contributed by atoms with Gasteiger partial charge in [-0.2, -0.15) is 0 Å². The van der Waals surface area contributed by atoms with Crippen molar-refractivity contribution in [2.45, 2.75) is 25.8 Å². The number of hydrogen-bond acceptors (Lipinski definition) is 2. The highest BCUT2D eigenvalue weighted by Crippen LogP contribution is 2.17. The van der Waals surface area contributed by atoms with E-state index in [2.05, 4.69) is 11.9 Å². The van der Waals surface area contributed by atoms with Crippen molar-refractivity contribution in [3.63, 3.8) is 0 Å². The number of Topliss-reactive ketones (excluding diaryl/α,β-unsaturated/α-hetero) is 1. The maximum atomic E-state index is 10.6. The zero-order chi connectivity index (χ0) is 6.85. The van der Waals surface area contributed by atoms with Crippen LogP contribution in [0, 0.1) is 0 Å². The van der Waals surface area contributed by atoms with Crippen LogP contribution in [0.5, 0.6) is 0 Å². The molecule has 0 N–H and O–H groups in total. The third kappa shape index (κ3) is 1.52. The summed E-state index contributed by atoms with van der Waals surface area (Å²) >= 11 is 0. The summed E-state index contributed by atoms with van der Waals surface area (Å²) in [4.78, 5) is 12.8. The molecule has 1 aliphatic heterocycles. The minimum atomic E-state index is 0.312. The molecule has 1 fully saturated rings. The van der Waals surface area contributed by atoms with Crippen LogP contribution in [0.2, 0.25) is 0 Å². The molecule has 0 aromatic rings. The first-order valence-corrected chi connectivity index (χ1v) is 3.40. The number of nitrogens with zero attached hydrogens (tertiary/aromatic N) is 1. The van der Waals surface area contributed by atoms with Gasteiger partial charge in [-0.1, -0.05) is 0 Å². The van der Waals surface area contributed by atoms with Crippen molar-refractivity contribution in [2.24, 2.45) is 0 Å². The lowest BCUT2D eigenvalue weighted by Gasteiger charge is -2.37. The van der Waals surface area contributed by atoms with E-state index in [-0.39, 0.29) is 0 Å². The normalized spacial score (nSPS) is 27.6. The number of rotatable bonds is 2. The number of carbonyl (C=O) groups excluding carboxylic acids is 1. The van der Waals surface area contributed by atoms with Crippen molar-refractivity contribution in [3.05, 3.63) is 0 Å². The molecule has 52 valence electrons. The Kier molecular flexibility index (Phi) is 1.86. The van der Waals surface area contributed by atoms with Crippen molar-refractivity contribution < 1.29 is 4.79 Å². The predicted molar refractivity (Wildman–Crippen MR) is 36.3 cm³/mol. The van der Waals surface area contributed by atoms with Crippen LogP contribution in [0.3, 0.4) is 0 Å². The van der Waals surface area contributed by atoms with Gasteiger partial charge in [0.25, 0.3) is 0 Å². The summed E-state index contributed by atoms with van der Waals surface area (Å²) in [6, 6.07) is 0.558. The SMILES string of the molecule is CC(=O)CC1CCN1C. The average Bonchev–Trinajstić information content (AvgIpc) is 1.79. The summed E-state index contributed by atoms with van der Waals surface area (Å²) in [5, 5.41) is 0. The van der Waals surface area contributed by atoms with Gasteiger partial charge in [0.1, 0.15) is 5.78 Å². The van der Waals surface area contributed by atoms with Gasteiger partial charge in [0.2, 0.25) is 0 Å². The maximum absolute atomic E-state index is 10.6. The summed E-state index contributed by atoms with van der Waals surface area (Å²) in [6.07, 6.45) is 1.95. The molecule has 1 heterocycles. The summed E-state index contributed by atoms with van der Waals surface area (Å²) in [7, 11) is 2.07. The number of likely N-dealkylation sites (tertiary alicyclic amines) is 1. The molecule has 0 spiro atoms. The summed E-state index contributed by atoms with van der Waals surface area (Å²) in [6.45, 7) is 2.82. The van der Waals surface area contributed by atoms with E-state index in [1.807, 2.05) is 0 Å². The van der Waals surface area contributed by atoms with Gasteiger partial charge in [-0.05, 0) is 26.9 Å². The molecule has 0 aliphatic carbocycles. The third-order valence-electron chi connectivity index (χ3n) is 1.96. The Morgan fingerprint density at radius 1 is 1.78 bits per heavy atom. The van der Waals surface area contributed by atoms with E-state index in [1.165, 1.54) is 6.42 Å². The number of hydrogen-bond donors (Lipinski definition) is 0. The minimum Gasteiger partial charge on any atom is -0.303 e. The molecule has 1 saturated heterocycles. The fourth-order valence-electron chi connectivity index (χ4n) is 1.16. The van der Waals surface area contributed by atoms with Gasteiger partial charge in [-0.25, -0.2) is 0 Å². The Morgan fingerprint density at radius 2 is 2.44 bits per heavy atom. The second-order valence-electron chi connectivity index (χ2n) is 2.83. The fraction of sp³-hybridized carbons (Fsp3) is 0.857. The molecule has 1 aliphatic rings. The van der Waals surface area contributed by atoms with Crippen LogP contribution in [0.4, 0.5) is 0 Å². The topological polar surface area (TPSA) is 20.3 Å². The Bertz CT molecular complexity index is 122. The van der Waals surface area contributed by atoms with Gasteiger partial charge in [0, 0.05) is 12.5 Å². The third-order valence-corrected chi connectivity index (χ3v) is 1.96. The standard InChI is InChI=1S/C7H13NO/c1-6(9)5-7-3-4-8(7)2/h7H,3-5H2,1-2H3. The number of carbonyl (C=O) groups is 1. The largest absolute Gasteiger partial charge is 0.303 e. The first kappa shape index (κ1) is 6.75. The molecule has 9 heavy (non-hydrogen) atoms. The van der Waals surface area contributed by atoms with Gasteiger partial charge in [0.05, 0.1) is 0 Å². The molecule has 0 aromatic carbocycles. The van der Waals surface area contributed by atoms with Crippen LogP contribution in [-0.2, 0) is 4.79 Å². The van der Waals surface area contributed by atoms with Gasteiger partial charge in [-0.15, -0.1) is 0 Å². The molecule has 1 atom stereocenters. The Balaban J connectivity index is 2.21. The molecular weight excluding hydrogens is 114 g/mol. The Morgan fingerprint density at radius 3 is 2.56 bits per heavy atom. The van der Waals surface area contributed by atoms with Crippen LogP contribution < -0.4 is 0 Å². The van der Waals surface area contributed by atoms with E-state index in [9.17, 15) is 4.79 Å². The molecule has 0 radical (unpaired) electrons. The lowest BCUT2D eigenvalue weighted by Crippen LogP contribution is -2.45. The zero-order valence-corrected chi connectivity index (χ0v) is 6.05. The highest BCUT2D eigenvalue weighted by molar-refractivity contribution is 5.76. The van der Waals surface area contributed by atoms with E-state index >= 15 is 0 Å². The first-order chi connectivity index (χ1) is 4.20. The Hall–Kier alpha value is -0.370. The first-order valence-electron chi connectivity index (χ1n) is 3.40. The summed E-state index contributed by atoms with van der Waals surface area (Å²) in [5.74, 6) is 0.312. The molecular formula is C7H13NO. The van der Waals surface area contributed by atoms with Crippen molar-refractivity contribution in [1.82, 2.24) is 4.90 Å². The second-order valence-corrected chi connectivity index (χ2v) is 2.83. The van der Waals surface area contributed by atoms with Crippen molar-refractivity contribution in [3.8, 4) is 0 Å². The lowest BCUT2D eigenvalue weighted by molar-refractivity contribution is -0.119. The fourth-order valence-corrected chi connectivity index (χ4v) is 1.16. The maximum Gasteiger partial charge on any atom is 0.131 e. The molecule has 2 heteroatoms. The molecule has 0 bridgehead atoms. The van der Waals surface area contributed by atoms with Crippen LogP contribution in [0.1, 0.15) is 19.8 Å². The highest BCUT2D eigenvalue weighted by atomic mass is 16.1. The van der Waals surface area contributed by atoms with Gasteiger partial charge in [-0.3, -0.25) is 4.79 Å². The summed E-state index contributed by atoms with van der Waals surface area (Å²) in [5.41, 5.74) is 0. The quantitative estimate of drug-likeness (QED) is 0.543. The van der Waals surface area contributed by atoms with Crippen LogP contribution in [-0.4, -0.2) is 30.3 Å². The van der Waals surface area contributed by atoms with E-state index in [1.54, 1.807) is 6.92 Å². The zero-order valence-electron chi connectivity index (χ0n) is 6.05. The highest BCUT2D eigenvalue weighted by Gasteiger charge is 2.24. The van der Waals surface area contributed by atoms with Crippen molar-refractivity contribution >= 4 is 5.78 Å². The molecule has 0 saturated carbocycles. The predicted octanol–water partition coefficient (Wildman–Crippen LogP) is 0.670. The van der Waals surface area contributed by atoms with Gasteiger partial charge in [0.15, 0.2) is 0 Å². The van der Waals surface area contributed by atoms with E-state index in [4.69, 9.17) is 0 Å².